The molecule has 1 N–H and O–H groups in total. The Labute approximate surface area is 218 Å². The lowest BCUT2D eigenvalue weighted by atomic mass is 10.1. The Balaban J connectivity index is 2.45. The molecule has 0 spiro atoms. The number of rotatable bonds is 9. The lowest BCUT2D eigenvalue weighted by Gasteiger charge is -2.33. The van der Waals surface area contributed by atoms with E-state index in [1.807, 2.05) is 39.8 Å². The maximum Gasteiger partial charge on any atom is 0.244 e. The van der Waals surface area contributed by atoms with Gasteiger partial charge in [0.1, 0.15) is 12.6 Å². The summed E-state index contributed by atoms with van der Waals surface area (Å²) in [6, 6.07) is 11.0. The summed E-state index contributed by atoms with van der Waals surface area (Å²) >= 11 is 12.7. The predicted octanol–water partition coefficient (Wildman–Crippen LogP) is 4.65. The zero-order valence-corrected chi connectivity index (χ0v) is 23.3. The average Bonchev–Trinajstić information content (AvgIpc) is 2.75. The van der Waals surface area contributed by atoms with Crippen LogP contribution in [0.15, 0.2) is 42.5 Å². The van der Waals surface area contributed by atoms with Crippen LogP contribution in [0.4, 0.5) is 5.69 Å². The molecule has 0 heterocycles. The number of aryl methyl sites for hydroxylation is 1. The fourth-order valence-corrected chi connectivity index (χ4v) is 4.79. The minimum Gasteiger partial charge on any atom is -0.350 e. The molecule has 7 nitrogen and oxygen atoms in total. The molecule has 192 valence electrons. The third-order valence-corrected chi connectivity index (χ3v) is 7.22. The SMILES string of the molecule is CCc1ccc(N(CC(=O)N(Cc2c(Cl)cccc2Cl)[C@H](C)C(=O)NC(C)(C)C)S(C)(=O)=O)cc1. The van der Waals surface area contributed by atoms with Gasteiger partial charge in [-0.05, 0) is 63.9 Å². The zero-order chi connectivity index (χ0) is 26.6. The molecule has 0 unspecified atom stereocenters. The van der Waals surface area contributed by atoms with Crippen molar-refractivity contribution in [3.63, 3.8) is 0 Å². The third kappa shape index (κ3) is 8.12. The highest BCUT2D eigenvalue weighted by atomic mass is 35.5. The van der Waals surface area contributed by atoms with Crippen LogP contribution in [0.5, 0.6) is 0 Å². The molecule has 0 bridgehead atoms. The van der Waals surface area contributed by atoms with E-state index in [0.717, 1.165) is 22.5 Å². The Bertz CT molecular complexity index is 1140. The highest BCUT2D eigenvalue weighted by Gasteiger charge is 2.32. The van der Waals surface area contributed by atoms with Gasteiger partial charge in [0.15, 0.2) is 0 Å². The van der Waals surface area contributed by atoms with Gasteiger partial charge in [-0.25, -0.2) is 8.42 Å². The number of carbonyl (C=O) groups excluding carboxylic acids is 2. The van der Waals surface area contributed by atoms with E-state index in [1.165, 1.54) is 4.90 Å². The summed E-state index contributed by atoms with van der Waals surface area (Å²) < 4.78 is 26.3. The molecule has 2 rings (SSSR count). The number of carbonyl (C=O) groups is 2. The molecular formula is C25H33Cl2N3O4S. The number of hydrogen-bond acceptors (Lipinski definition) is 4. The summed E-state index contributed by atoms with van der Waals surface area (Å²) in [6.07, 6.45) is 1.84. The van der Waals surface area contributed by atoms with E-state index in [-0.39, 0.29) is 12.5 Å². The molecule has 0 aliphatic heterocycles. The standard InChI is InChI=1S/C25H33Cl2N3O4S/c1-7-18-11-13-19(14-12-18)30(35(6,33)34)16-23(31)29(17(2)24(32)28-25(3,4)5)15-20-21(26)9-8-10-22(20)27/h8-14,17H,7,15-16H2,1-6H3,(H,28,32)/t17-/m1/s1. The second-order valence-electron chi connectivity index (χ2n) is 9.43. The number of hydrogen-bond donors (Lipinski definition) is 1. The second-order valence-corrected chi connectivity index (χ2v) is 12.1. The smallest absolute Gasteiger partial charge is 0.244 e. The predicted molar refractivity (Wildman–Crippen MR) is 142 cm³/mol. The molecule has 35 heavy (non-hydrogen) atoms. The Hall–Kier alpha value is -2.29. The average molecular weight is 543 g/mol. The largest absolute Gasteiger partial charge is 0.350 e. The Morgan fingerprint density at radius 3 is 2.03 bits per heavy atom. The Morgan fingerprint density at radius 1 is 1.03 bits per heavy atom. The summed E-state index contributed by atoms with van der Waals surface area (Å²) in [7, 11) is -3.80. The highest BCUT2D eigenvalue weighted by Crippen LogP contribution is 2.27. The summed E-state index contributed by atoms with van der Waals surface area (Å²) in [5, 5.41) is 3.55. The first-order valence-corrected chi connectivity index (χ1v) is 13.9. The number of benzene rings is 2. The van der Waals surface area contributed by atoms with E-state index >= 15 is 0 Å². The molecule has 0 fully saturated rings. The number of anilines is 1. The number of nitrogens with one attached hydrogen (secondary N) is 1. The highest BCUT2D eigenvalue weighted by molar-refractivity contribution is 7.92. The van der Waals surface area contributed by atoms with Crippen molar-refractivity contribution in [3.05, 3.63) is 63.6 Å². The van der Waals surface area contributed by atoms with Crippen LogP contribution in [0.3, 0.4) is 0 Å². The van der Waals surface area contributed by atoms with Gasteiger partial charge in [0, 0.05) is 27.7 Å². The molecule has 0 saturated heterocycles. The lowest BCUT2D eigenvalue weighted by Crippen LogP contribution is -2.54. The van der Waals surface area contributed by atoms with Crippen LogP contribution >= 0.6 is 23.2 Å². The minimum absolute atomic E-state index is 0.0670. The first-order valence-electron chi connectivity index (χ1n) is 11.2. The molecule has 10 heteroatoms. The van der Waals surface area contributed by atoms with Crippen molar-refractivity contribution in [2.45, 2.75) is 59.2 Å². The van der Waals surface area contributed by atoms with Crippen LogP contribution < -0.4 is 9.62 Å². The van der Waals surface area contributed by atoms with E-state index < -0.39 is 34.1 Å². The third-order valence-electron chi connectivity index (χ3n) is 5.37. The van der Waals surface area contributed by atoms with Crippen molar-refractivity contribution in [2.75, 3.05) is 17.1 Å². The molecule has 0 saturated carbocycles. The van der Waals surface area contributed by atoms with Gasteiger partial charge in [-0.2, -0.15) is 0 Å². The summed E-state index contributed by atoms with van der Waals surface area (Å²) in [6.45, 7) is 8.53. The number of halogens is 2. The van der Waals surface area contributed by atoms with Gasteiger partial charge in [0.2, 0.25) is 21.8 Å². The number of nitrogens with zero attached hydrogens (tertiary/aromatic N) is 2. The maximum absolute atomic E-state index is 13.6. The van der Waals surface area contributed by atoms with Gasteiger partial charge >= 0.3 is 0 Å². The number of sulfonamides is 1. The van der Waals surface area contributed by atoms with Crippen molar-refractivity contribution in [3.8, 4) is 0 Å². The van der Waals surface area contributed by atoms with Crippen molar-refractivity contribution in [1.29, 1.82) is 0 Å². The van der Waals surface area contributed by atoms with Crippen LogP contribution in [-0.4, -0.2) is 49.5 Å². The lowest BCUT2D eigenvalue weighted by molar-refractivity contribution is -0.140. The van der Waals surface area contributed by atoms with E-state index in [9.17, 15) is 18.0 Å². The van der Waals surface area contributed by atoms with Crippen LogP contribution in [-0.2, 0) is 32.6 Å². The van der Waals surface area contributed by atoms with Crippen LogP contribution in [0.1, 0.15) is 45.7 Å². The molecule has 0 aromatic heterocycles. The molecular weight excluding hydrogens is 509 g/mol. The van der Waals surface area contributed by atoms with Crippen molar-refractivity contribution >= 4 is 50.7 Å². The first-order chi connectivity index (χ1) is 16.1. The van der Waals surface area contributed by atoms with Crippen LogP contribution in [0, 0.1) is 0 Å². The van der Waals surface area contributed by atoms with Gasteiger partial charge in [0.05, 0.1) is 11.9 Å². The second kappa shape index (κ2) is 11.6. The number of amides is 2. The van der Waals surface area contributed by atoms with Crippen LogP contribution in [0.2, 0.25) is 10.0 Å². The molecule has 0 aliphatic carbocycles. The van der Waals surface area contributed by atoms with Gasteiger partial charge in [-0.1, -0.05) is 48.3 Å². The Morgan fingerprint density at radius 2 is 1.57 bits per heavy atom. The fourth-order valence-electron chi connectivity index (χ4n) is 3.42. The summed E-state index contributed by atoms with van der Waals surface area (Å²) in [4.78, 5) is 27.9. The normalized spacial score (nSPS) is 12.7. The van der Waals surface area contributed by atoms with Crippen molar-refractivity contribution < 1.29 is 18.0 Å². The van der Waals surface area contributed by atoms with E-state index in [4.69, 9.17) is 23.2 Å². The monoisotopic (exact) mass is 541 g/mol. The van der Waals surface area contributed by atoms with E-state index in [1.54, 1.807) is 37.3 Å². The van der Waals surface area contributed by atoms with Crippen LogP contribution in [0.25, 0.3) is 0 Å². The van der Waals surface area contributed by atoms with Gasteiger partial charge in [0.25, 0.3) is 0 Å². The molecule has 1 atom stereocenters. The van der Waals surface area contributed by atoms with Crippen molar-refractivity contribution in [2.24, 2.45) is 0 Å². The first kappa shape index (κ1) is 28.9. The molecule has 0 aliphatic rings. The van der Waals surface area contributed by atoms with Gasteiger partial charge in [-0.15, -0.1) is 0 Å². The topological polar surface area (TPSA) is 86.8 Å². The molecule has 2 amide bonds. The van der Waals surface area contributed by atoms with Gasteiger partial charge < -0.3 is 10.2 Å². The van der Waals surface area contributed by atoms with Crippen molar-refractivity contribution in [1.82, 2.24) is 10.2 Å². The zero-order valence-electron chi connectivity index (χ0n) is 20.9. The van der Waals surface area contributed by atoms with E-state index in [0.29, 0.717) is 21.3 Å². The molecule has 2 aromatic carbocycles. The molecule has 0 radical (unpaired) electrons. The summed E-state index contributed by atoms with van der Waals surface area (Å²) in [5.41, 5.74) is 1.34. The maximum atomic E-state index is 13.6. The minimum atomic E-state index is -3.80. The van der Waals surface area contributed by atoms with Gasteiger partial charge in [-0.3, -0.25) is 13.9 Å². The van der Waals surface area contributed by atoms with E-state index in [2.05, 4.69) is 5.32 Å². The summed E-state index contributed by atoms with van der Waals surface area (Å²) in [5.74, 6) is -0.949. The quantitative estimate of drug-likeness (QED) is 0.500. The Kier molecular flexibility index (Phi) is 9.62. The fraction of sp³-hybridized carbons (Fsp3) is 0.440. The molecule has 2 aromatic rings.